The lowest BCUT2D eigenvalue weighted by Crippen LogP contribution is -1.95. The lowest BCUT2D eigenvalue weighted by Gasteiger charge is -2.12. The fourth-order valence-electron chi connectivity index (χ4n) is 1.95. The summed E-state index contributed by atoms with van der Waals surface area (Å²) in [6, 6.07) is 17.7. The first-order valence-electron chi connectivity index (χ1n) is 6.02. The van der Waals surface area contributed by atoms with Crippen LogP contribution in [0.5, 0.6) is 0 Å². The van der Waals surface area contributed by atoms with Crippen molar-refractivity contribution < 1.29 is 4.52 Å². The van der Waals surface area contributed by atoms with Gasteiger partial charge in [-0.25, -0.2) is 0 Å². The van der Waals surface area contributed by atoms with Crippen LogP contribution in [-0.4, -0.2) is 5.16 Å². The van der Waals surface area contributed by atoms with Gasteiger partial charge in [0.1, 0.15) is 12.0 Å². The summed E-state index contributed by atoms with van der Waals surface area (Å²) in [6.45, 7) is 4.01. The Bertz CT molecular complexity index is 675. The van der Waals surface area contributed by atoms with Crippen LogP contribution >= 0.6 is 0 Å². The van der Waals surface area contributed by atoms with E-state index >= 15 is 0 Å². The SMILES string of the molecule is [CH2]c1ccccc1Nc1ccccc1-c1ccon1. The van der Waals surface area contributed by atoms with Crippen molar-refractivity contribution in [1.29, 1.82) is 0 Å². The fourth-order valence-corrected chi connectivity index (χ4v) is 1.95. The molecule has 1 N–H and O–H groups in total. The third-order valence-corrected chi connectivity index (χ3v) is 2.93. The molecule has 3 nitrogen and oxygen atoms in total. The number of para-hydroxylation sites is 2. The van der Waals surface area contributed by atoms with Gasteiger partial charge in [-0.05, 0) is 24.6 Å². The van der Waals surface area contributed by atoms with Crippen molar-refractivity contribution in [3.63, 3.8) is 0 Å². The maximum atomic E-state index is 4.91. The van der Waals surface area contributed by atoms with Crippen molar-refractivity contribution in [2.75, 3.05) is 5.32 Å². The minimum Gasteiger partial charge on any atom is -0.364 e. The minimum atomic E-state index is 0.810. The maximum Gasteiger partial charge on any atom is 0.124 e. The predicted octanol–water partition coefficient (Wildman–Crippen LogP) is 4.27. The number of benzene rings is 2. The third-order valence-electron chi connectivity index (χ3n) is 2.93. The van der Waals surface area contributed by atoms with Crippen LogP contribution in [0.4, 0.5) is 11.4 Å². The van der Waals surface area contributed by atoms with Crippen LogP contribution in [0.25, 0.3) is 11.3 Å². The predicted molar refractivity (Wildman–Crippen MR) is 76.1 cm³/mol. The summed E-state index contributed by atoms with van der Waals surface area (Å²) in [4.78, 5) is 0. The van der Waals surface area contributed by atoms with E-state index in [1.165, 1.54) is 0 Å². The molecular formula is C16H13N2O. The Morgan fingerprint density at radius 1 is 0.895 bits per heavy atom. The lowest BCUT2D eigenvalue weighted by molar-refractivity contribution is 0.422. The molecule has 0 amide bonds. The highest BCUT2D eigenvalue weighted by molar-refractivity contribution is 5.79. The van der Waals surface area contributed by atoms with Gasteiger partial charge in [-0.1, -0.05) is 41.6 Å². The van der Waals surface area contributed by atoms with Gasteiger partial charge < -0.3 is 9.84 Å². The summed E-state index contributed by atoms with van der Waals surface area (Å²) < 4.78 is 4.91. The average molecular weight is 249 g/mol. The van der Waals surface area contributed by atoms with E-state index in [2.05, 4.69) is 17.4 Å². The van der Waals surface area contributed by atoms with Crippen molar-refractivity contribution in [2.45, 2.75) is 0 Å². The molecule has 2 aromatic carbocycles. The third kappa shape index (κ3) is 2.36. The van der Waals surface area contributed by atoms with Gasteiger partial charge in [0.2, 0.25) is 0 Å². The van der Waals surface area contributed by atoms with Gasteiger partial charge in [0.25, 0.3) is 0 Å². The number of rotatable bonds is 3. The highest BCUT2D eigenvalue weighted by atomic mass is 16.5. The molecule has 1 aromatic heterocycles. The number of nitrogens with zero attached hydrogens (tertiary/aromatic N) is 1. The van der Waals surface area contributed by atoms with E-state index in [1.54, 1.807) is 6.26 Å². The second-order valence-corrected chi connectivity index (χ2v) is 4.21. The highest BCUT2D eigenvalue weighted by Gasteiger charge is 2.08. The van der Waals surface area contributed by atoms with E-state index in [4.69, 9.17) is 4.52 Å². The largest absolute Gasteiger partial charge is 0.364 e. The van der Waals surface area contributed by atoms with Gasteiger partial charge in [0, 0.05) is 23.0 Å². The lowest BCUT2D eigenvalue weighted by atomic mass is 10.1. The standard InChI is InChI=1S/C16H13N2O/c1-12-6-2-4-8-14(12)17-15-9-5-3-7-13(15)16-10-11-19-18-16/h2-11,17H,1H2. The van der Waals surface area contributed by atoms with Crippen molar-refractivity contribution in [3.8, 4) is 11.3 Å². The molecular weight excluding hydrogens is 236 g/mol. The van der Waals surface area contributed by atoms with E-state index < -0.39 is 0 Å². The van der Waals surface area contributed by atoms with Crippen LogP contribution in [0.3, 0.4) is 0 Å². The molecule has 0 unspecified atom stereocenters. The Morgan fingerprint density at radius 2 is 1.63 bits per heavy atom. The Labute approximate surface area is 111 Å². The minimum absolute atomic E-state index is 0.810. The number of hydrogen-bond donors (Lipinski definition) is 1. The summed E-state index contributed by atoms with van der Waals surface area (Å²) >= 11 is 0. The molecule has 3 rings (SSSR count). The zero-order chi connectivity index (χ0) is 13.1. The first-order valence-corrected chi connectivity index (χ1v) is 6.02. The van der Waals surface area contributed by atoms with Crippen LogP contribution < -0.4 is 5.32 Å². The van der Waals surface area contributed by atoms with Crippen LogP contribution in [0.2, 0.25) is 0 Å². The van der Waals surface area contributed by atoms with Gasteiger partial charge in [-0.15, -0.1) is 0 Å². The zero-order valence-electron chi connectivity index (χ0n) is 10.3. The molecule has 3 aromatic rings. The van der Waals surface area contributed by atoms with Gasteiger partial charge in [-0.3, -0.25) is 0 Å². The molecule has 0 aliphatic rings. The molecule has 19 heavy (non-hydrogen) atoms. The summed E-state index contributed by atoms with van der Waals surface area (Å²) in [5.41, 5.74) is 4.73. The number of aromatic nitrogens is 1. The average Bonchev–Trinajstić information content (AvgIpc) is 2.96. The van der Waals surface area contributed by atoms with Crippen molar-refractivity contribution in [2.24, 2.45) is 0 Å². The normalized spacial score (nSPS) is 10.4. The van der Waals surface area contributed by atoms with E-state index in [9.17, 15) is 0 Å². The Hall–Kier alpha value is -2.55. The van der Waals surface area contributed by atoms with Gasteiger partial charge in [0.15, 0.2) is 0 Å². The van der Waals surface area contributed by atoms with Gasteiger partial charge >= 0.3 is 0 Å². The van der Waals surface area contributed by atoms with Crippen LogP contribution in [0, 0.1) is 6.92 Å². The molecule has 0 aliphatic heterocycles. The fraction of sp³-hybridized carbons (Fsp3) is 0. The second-order valence-electron chi connectivity index (χ2n) is 4.21. The Kier molecular flexibility index (Phi) is 3.02. The van der Waals surface area contributed by atoms with E-state index in [1.807, 2.05) is 54.6 Å². The van der Waals surface area contributed by atoms with Gasteiger partial charge in [0.05, 0.1) is 0 Å². The molecule has 1 heterocycles. The monoisotopic (exact) mass is 249 g/mol. The Balaban J connectivity index is 2.00. The van der Waals surface area contributed by atoms with E-state index in [0.717, 1.165) is 28.2 Å². The molecule has 0 saturated carbocycles. The number of nitrogens with one attached hydrogen (secondary N) is 1. The van der Waals surface area contributed by atoms with Crippen LogP contribution in [0.15, 0.2) is 65.4 Å². The van der Waals surface area contributed by atoms with Crippen LogP contribution in [0.1, 0.15) is 5.56 Å². The zero-order valence-corrected chi connectivity index (χ0v) is 10.3. The van der Waals surface area contributed by atoms with Gasteiger partial charge in [-0.2, -0.15) is 0 Å². The first kappa shape index (κ1) is 11.5. The summed E-state index contributed by atoms with van der Waals surface area (Å²) in [5.74, 6) is 0. The second kappa shape index (κ2) is 4.98. The smallest absolute Gasteiger partial charge is 0.124 e. The molecule has 3 heteroatoms. The summed E-state index contributed by atoms with van der Waals surface area (Å²) in [5, 5.41) is 7.37. The molecule has 0 aliphatic carbocycles. The molecule has 0 spiro atoms. The van der Waals surface area contributed by atoms with Crippen LogP contribution in [-0.2, 0) is 0 Å². The number of hydrogen-bond acceptors (Lipinski definition) is 3. The Morgan fingerprint density at radius 3 is 2.37 bits per heavy atom. The highest BCUT2D eigenvalue weighted by Crippen LogP contribution is 2.29. The maximum absolute atomic E-state index is 4.91. The quantitative estimate of drug-likeness (QED) is 0.753. The molecule has 0 bridgehead atoms. The molecule has 0 atom stereocenters. The van der Waals surface area contributed by atoms with Crippen molar-refractivity contribution in [3.05, 3.63) is 73.3 Å². The molecule has 1 radical (unpaired) electrons. The molecule has 0 fully saturated rings. The van der Waals surface area contributed by atoms with E-state index in [-0.39, 0.29) is 0 Å². The first-order chi connectivity index (χ1) is 9.34. The van der Waals surface area contributed by atoms with Crippen molar-refractivity contribution in [1.82, 2.24) is 5.16 Å². The summed E-state index contributed by atoms with van der Waals surface area (Å²) in [6.07, 6.45) is 1.57. The molecule has 0 saturated heterocycles. The molecule has 93 valence electrons. The summed E-state index contributed by atoms with van der Waals surface area (Å²) in [7, 11) is 0. The van der Waals surface area contributed by atoms with E-state index in [0.29, 0.717) is 0 Å². The topological polar surface area (TPSA) is 38.1 Å². The number of anilines is 2. The van der Waals surface area contributed by atoms with Crippen molar-refractivity contribution >= 4 is 11.4 Å².